The highest BCUT2D eigenvalue weighted by atomic mass is 32.2. The van der Waals surface area contributed by atoms with Crippen molar-refractivity contribution in [2.24, 2.45) is 4.99 Å². The predicted molar refractivity (Wildman–Crippen MR) is 172 cm³/mol. The molecule has 0 spiro atoms. The molecule has 0 aliphatic carbocycles. The fourth-order valence-corrected chi connectivity index (χ4v) is 6.56. The summed E-state index contributed by atoms with van der Waals surface area (Å²) in [5, 5.41) is 12.2. The standard InChI is InChI=1S/C34H31N3O8S/c1-22-15-16-29(23(2)19-22)44-18-8-17-37-32(35-28-13-5-6-14-30(28)46(37,42)43)31(45-26-11-7-10-24(20-26)34(40)41)33(39)36-27-12-4-3-9-25(27)21-38/h3-7,9-16,19-21,31H,8,17-18H2,1-2H3,(H,36,39)(H,40,41). The average molecular weight is 642 g/mol. The molecule has 0 bridgehead atoms. The first-order chi connectivity index (χ1) is 22.1. The van der Waals surface area contributed by atoms with Gasteiger partial charge < -0.3 is 19.9 Å². The van der Waals surface area contributed by atoms with Crippen LogP contribution < -0.4 is 14.8 Å². The number of aromatic carboxylic acids is 1. The number of hydrogen-bond donors (Lipinski definition) is 2. The maximum absolute atomic E-state index is 14.0. The molecular formula is C34H31N3O8S. The molecular weight excluding hydrogens is 610 g/mol. The summed E-state index contributed by atoms with van der Waals surface area (Å²) in [5.41, 5.74) is 2.37. The molecule has 1 atom stereocenters. The van der Waals surface area contributed by atoms with Crippen molar-refractivity contribution in [2.75, 3.05) is 18.5 Å². The van der Waals surface area contributed by atoms with Crippen LogP contribution >= 0.6 is 0 Å². The van der Waals surface area contributed by atoms with Gasteiger partial charge in [0.25, 0.3) is 15.9 Å². The van der Waals surface area contributed by atoms with Crippen molar-refractivity contribution < 1.29 is 37.4 Å². The van der Waals surface area contributed by atoms with Crippen molar-refractivity contribution in [3.05, 3.63) is 113 Å². The van der Waals surface area contributed by atoms with Gasteiger partial charge in [-0.25, -0.2) is 22.5 Å². The predicted octanol–water partition coefficient (Wildman–Crippen LogP) is 5.40. The van der Waals surface area contributed by atoms with Crippen molar-refractivity contribution in [1.82, 2.24) is 4.31 Å². The Balaban J connectivity index is 1.53. The van der Waals surface area contributed by atoms with Crippen molar-refractivity contribution in [1.29, 1.82) is 0 Å². The largest absolute Gasteiger partial charge is 0.493 e. The Morgan fingerprint density at radius 2 is 1.74 bits per heavy atom. The number of amidine groups is 1. The fraction of sp³-hybridized carbons (Fsp3) is 0.176. The monoisotopic (exact) mass is 641 g/mol. The minimum absolute atomic E-state index is 0.0131. The zero-order chi connectivity index (χ0) is 32.8. The smallest absolute Gasteiger partial charge is 0.335 e. The Bertz CT molecular complexity index is 1940. The molecule has 12 heteroatoms. The molecule has 236 valence electrons. The zero-order valence-corrected chi connectivity index (χ0v) is 25.9. The molecule has 4 aromatic carbocycles. The van der Waals surface area contributed by atoms with Gasteiger partial charge in [-0.15, -0.1) is 0 Å². The van der Waals surface area contributed by atoms with Gasteiger partial charge in [0, 0.05) is 18.5 Å². The molecule has 1 unspecified atom stereocenters. The van der Waals surface area contributed by atoms with Crippen LogP contribution in [0.3, 0.4) is 0 Å². The first-order valence-electron chi connectivity index (χ1n) is 14.3. The molecule has 11 nitrogen and oxygen atoms in total. The number of sulfonamides is 1. The van der Waals surface area contributed by atoms with Crippen molar-refractivity contribution in [3.8, 4) is 11.5 Å². The summed E-state index contributed by atoms with van der Waals surface area (Å²) in [6.07, 6.45) is -0.889. The van der Waals surface area contributed by atoms with E-state index in [1.807, 2.05) is 32.0 Å². The number of ether oxygens (including phenoxy) is 2. The number of nitrogens with zero attached hydrogens (tertiary/aromatic N) is 2. The van der Waals surface area contributed by atoms with Crippen molar-refractivity contribution >= 4 is 45.4 Å². The van der Waals surface area contributed by atoms with E-state index in [-0.39, 0.29) is 58.6 Å². The quantitative estimate of drug-likeness (QED) is 0.154. The topological polar surface area (TPSA) is 152 Å². The maximum atomic E-state index is 14.0. The fourth-order valence-electron chi connectivity index (χ4n) is 4.94. The number of para-hydroxylation sites is 2. The van der Waals surface area contributed by atoms with Crippen molar-refractivity contribution in [2.45, 2.75) is 31.3 Å². The van der Waals surface area contributed by atoms with Crippen molar-refractivity contribution in [3.63, 3.8) is 0 Å². The second kappa shape index (κ2) is 13.7. The van der Waals surface area contributed by atoms with Gasteiger partial charge in [0.1, 0.15) is 16.4 Å². The second-order valence-electron chi connectivity index (χ2n) is 10.5. The van der Waals surface area contributed by atoms with Gasteiger partial charge in [-0.3, -0.25) is 9.59 Å². The lowest BCUT2D eigenvalue weighted by molar-refractivity contribution is -0.120. The molecule has 1 aliphatic heterocycles. The number of rotatable bonds is 12. The molecule has 1 heterocycles. The minimum atomic E-state index is -4.23. The summed E-state index contributed by atoms with van der Waals surface area (Å²) >= 11 is 0. The van der Waals surface area contributed by atoms with E-state index < -0.39 is 28.0 Å². The summed E-state index contributed by atoms with van der Waals surface area (Å²) in [6, 6.07) is 23.6. The molecule has 1 amide bonds. The number of nitrogens with one attached hydrogen (secondary N) is 1. The lowest BCUT2D eigenvalue weighted by atomic mass is 10.1. The lowest BCUT2D eigenvalue weighted by Gasteiger charge is -2.33. The van der Waals surface area contributed by atoms with Crippen LogP contribution in [-0.2, 0) is 14.8 Å². The van der Waals surface area contributed by atoms with Gasteiger partial charge in [0.05, 0.1) is 23.5 Å². The van der Waals surface area contributed by atoms with E-state index in [0.717, 1.165) is 15.4 Å². The molecule has 2 N–H and O–H groups in total. The van der Waals surface area contributed by atoms with E-state index in [2.05, 4.69) is 10.3 Å². The van der Waals surface area contributed by atoms with Gasteiger partial charge in [0.15, 0.2) is 12.1 Å². The Kier molecular flexibility index (Phi) is 9.47. The van der Waals surface area contributed by atoms with Crippen LogP contribution in [0.2, 0.25) is 0 Å². The number of aryl methyl sites for hydroxylation is 2. The number of hydrogen-bond acceptors (Lipinski definition) is 8. The molecule has 0 fully saturated rings. The van der Waals surface area contributed by atoms with Gasteiger partial charge in [0.2, 0.25) is 6.10 Å². The Hall–Kier alpha value is -5.49. The van der Waals surface area contributed by atoms with E-state index in [0.29, 0.717) is 12.0 Å². The summed E-state index contributed by atoms with van der Waals surface area (Å²) in [7, 11) is -4.23. The number of carbonyl (C=O) groups excluding carboxylic acids is 2. The summed E-state index contributed by atoms with van der Waals surface area (Å²) in [5.74, 6) is -1.64. The highest BCUT2D eigenvalue weighted by Crippen LogP contribution is 2.34. The molecule has 0 aromatic heterocycles. The van der Waals surface area contributed by atoms with E-state index in [1.165, 1.54) is 48.5 Å². The lowest BCUT2D eigenvalue weighted by Crippen LogP contribution is -2.52. The molecule has 46 heavy (non-hydrogen) atoms. The third-order valence-corrected chi connectivity index (χ3v) is 9.02. The molecule has 0 saturated carbocycles. The third kappa shape index (κ3) is 6.92. The number of carbonyl (C=O) groups is 3. The number of carboxylic acid groups (broad SMARTS) is 1. The van der Waals surface area contributed by atoms with Crippen LogP contribution in [0.1, 0.15) is 38.3 Å². The van der Waals surface area contributed by atoms with Crippen LogP contribution in [0.5, 0.6) is 11.5 Å². The first-order valence-corrected chi connectivity index (χ1v) is 15.8. The summed E-state index contributed by atoms with van der Waals surface area (Å²) in [4.78, 5) is 41.8. The SMILES string of the molecule is Cc1ccc(OCCCN2C(C(Oc3cccc(C(=O)O)c3)C(=O)Nc3ccccc3C=O)=Nc3ccccc3S2(=O)=O)c(C)c1. The molecule has 0 radical (unpaired) electrons. The van der Waals surface area contributed by atoms with Crippen LogP contribution in [0.15, 0.2) is 101 Å². The Morgan fingerprint density at radius 3 is 2.50 bits per heavy atom. The van der Waals surface area contributed by atoms with Crippen LogP contribution in [0.4, 0.5) is 11.4 Å². The van der Waals surface area contributed by atoms with E-state index in [4.69, 9.17) is 9.47 Å². The average Bonchev–Trinajstić information content (AvgIpc) is 3.04. The number of anilines is 1. The normalized spacial score (nSPS) is 14.0. The van der Waals surface area contributed by atoms with Crippen LogP contribution in [0.25, 0.3) is 0 Å². The zero-order valence-electron chi connectivity index (χ0n) is 25.0. The minimum Gasteiger partial charge on any atom is -0.493 e. The van der Waals surface area contributed by atoms with Gasteiger partial charge in [-0.05, 0) is 67.9 Å². The van der Waals surface area contributed by atoms with Crippen LogP contribution in [-0.4, -0.2) is 61.1 Å². The molecule has 5 rings (SSSR count). The van der Waals surface area contributed by atoms with Gasteiger partial charge >= 0.3 is 5.97 Å². The number of amides is 1. The number of benzene rings is 4. The summed E-state index contributed by atoms with van der Waals surface area (Å²) in [6.45, 7) is 3.94. The number of aliphatic imine (C=N–C) groups is 1. The number of fused-ring (bicyclic) bond motifs is 1. The van der Waals surface area contributed by atoms with Gasteiger partial charge in [-0.1, -0.05) is 48.0 Å². The second-order valence-corrected chi connectivity index (χ2v) is 12.3. The number of aldehydes is 1. The Labute approximate surface area is 266 Å². The summed E-state index contributed by atoms with van der Waals surface area (Å²) < 4.78 is 41.1. The highest BCUT2D eigenvalue weighted by molar-refractivity contribution is 7.90. The first kappa shape index (κ1) is 31.9. The third-order valence-electron chi connectivity index (χ3n) is 7.17. The number of carboxylic acids is 1. The highest BCUT2D eigenvalue weighted by Gasteiger charge is 2.41. The molecule has 0 saturated heterocycles. The Morgan fingerprint density at radius 1 is 0.978 bits per heavy atom. The maximum Gasteiger partial charge on any atom is 0.335 e. The van der Waals surface area contributed by atoms with E-state index in [9.17, 15) is 27.9 Å². The van der Waals surface area contributed by atoms with Gasteiger partial charge in [-0.2, -0.15) is 0 Å². The molecule has 1 aliphatic rings. The van der Waals surface area contributed by atoms with E-state index >= 15 is 0 Å². The van der Waals surface area contributed by atoms with E-state index in [1.54, 1.807) is 24.3 Å². The van der Waals surface area contributed by atoms with Crippen LogP contribution in [0, 0.1) is 13.8 Å². The molecule has 4 aromatic rings.